The van der Waals surface area contributed by atoms with Crippen LogP contribution in [0.1, 0.15) is 39.5 Å². The molecule has 1 aromatic rings. The quantitative estimate of drug-likeness (QED) is 0.743. The number of nitrogens with one attached hydrogen (secondary N) is 2. The Hall–Kier alpha value is -1.63. The van der Waals surface area contributed by atoms with Gasteiger partial charge in [0.05, 0.1) is 0 Å². The molecule has 7 nitrogen and oxygen atoms in total. The number of aryl methyl sites for hydroxylation is 1. The molecule has 124 valence electrons. The molecule has 2 N–H and O–H groups in total. The van der Waals surface area contributed by atoms with Crippen molar-refractivity contribution in [3.63, 3.8) is 0 Å². The molecule has 0 saturated carbocycles. The Balaban J connectivity index is 1.56. The SMILES string of the molecule is C[C@@H]1CCCCN1[C@@H](C)CNC(=O)NCCCn1cncn1. The number of piperidine rings is 1. The van der Waals surface area contributed by atoms with Crippen LogP contribution in [0.15, 0.2) is 12.7 Å². The molecule has 0 bridgehead atoms. The molecule has 0 unspecified atom stereocenters. The van der Waals surface area contributed by atoms with E-state index in [2.05, 4.69) is 39.5 Å². The van der Waals surface area contributed by atoms with Crippen LogP contribution in [-0.2, 0) is 6.54 Å². The minimum Gasteiger partial charge on any atom is -0.338 e. The fraction of sp³-hybridized carbons (Fsp3) is 0.800. The molecule has 0 aliphatic carbocycles. The van der Waals surface area contributed by atoms with E-state index in [1.54, 1.807) is 11.0 Å². The lowest BCUT2D eigenvalue weighted by Gasteiger charge is -2.38. The van der Waals surface area contributed by atoms with Gasteiger partial charge >= 0.3 is 6.03 Å². The Morgan fingerprint density at radius 3 is 3.00 bits per heavy atom. The largest absolute Gasteiger partial charge is 0.338 e. The van der Waals surface area contributed by atoms with Crippen molar-refractivity contribution < 1.29 is 4.79 Å². The van der Waals surface area contributed by atoms with Crippen molar-refractivity contribution in [1.29, 1.82) is 0 Å². The fourth-order valence-electron chi connectivity index (χ4n) is 2.99. The van der Waals surface area contributed by atoms with Crippen LogP contribution >= 0.6 is 0 Å². The van der Waals surface area contributed by atoms with Crippen molar-refractivity contribution >= 4 is 6.03 Å². The van der Waals surface area contributed by atoms with E-state index in [0.29, 0.717) is 25.2 Å². The summed E-state index contributed by atoms with van der Waals surface area (Å²) in [5, 5.41) is 9.87. The van der Waals surface area contributed by atoms with E-state index in [4.69, 9.17) is 0 Å². The Bertz CT molecular complexity index is 435. The summed E-state index contributed by atoms with van der Waals surface area (Å²) >= 11 is 0. The Morgan fingerprint density at radius 2 is 2.27 bits per heavy atom. The highest BCUT2D eigenvalue weighted by molar-refractivity contribution is 5.73. The highest BCUT2D eigenvalue weighted by atomic mass is 16.2. The van der Waals surface area contributed by atoms with E-state index in [-0.39, 0.29) is 6.03 Å². The number of aromatic nitrogens is 3. The molecular formula is C15H28N6O. The number of hydrogen-bond acceptors (Lipinski definition) is 4. The van der Waals surface area contributed by atoms with Gasteiger partial charge in [-0.05, 0) is 39.7 Å². The zero-order valence-corrected chi connectivity index (χ0v) is 13.7. The minimum absolute atomic E-state index is 0.0879. The van der Waals surface area contributed by atoms with Crippen LogP contribution in [0.25, 0.3) is 0 Å². The van der Waals surface area contributed by atoms with Gasteiger partial charge in [-0.1, -0.05) is 6.42 Å². The van der Waals surface area contributed by atoms with Crippen LogP contribution in [0.5, 0.6) is 0 Å². The third kappa shape index (κ3) is 5.29. The molecule has 2 rings (SSSR count). The minimum atomic E-state index is -0.0879. The lowest BCUT2D eigenvalue weighted by molar-refractivity contribution is 0.114. The molecule has 0 aromatic carbocycles. The lowest BCUT2D eigenvalue weighted by Crippen LogP contribution is -2.49. The molecule has 2 atom stereocenters. The van der Waals surface area contributed by atoms with Gasteiger partial charge in [0, 0.05) is 31.7 Å². The van der Waals surface area contributed by atoms with Crippen molar-refractivity contribution in [3.05, 3.63) is 12.7 Å². The maximum Gasteiger partial charge on any atom is 0.314 e. The average Bonchev–Trinajstić information content (AvgIpc) is 3.03. The number of rotatable bonds is 7. The van der Waals surface area contributed by atoms with Crippen molar-refractivity contribution in [1.82, 2.24) is 30.3 Å². The number of carbonyl (C=O) groups is 1. The van der Waals surface area contributed by atoms with E-state index in [9.17, 15) is 4.79 Å². The second-order valence-electron chi connectivity index (χ2n) is 6.08. The van der Waals surface area contributed by atoms with Gasteiger partial charge < -0.3 is 10.6 Å². The highest BCUT2D eigenvalue weighted by Crippen LogP contribution is 2.18. The first-order chi connectivity index (χ1) is 10.7. The second kappa shape index (κ2) is 8.73. The van der Waals surface area contributed by atoms with Crippen molar-refractivity contribution in [3.8, 4) is 0 Å². The Morgan fingerprint density at radius 1 is 1.41 bits per heavy atom. The summed E-state index contributed by atoms with van der Waals surface area (Å²) < 4.78 is 1.76. The summed E-state index contributed by atoms with van der Waals surface area (Å²) in [6.07, 6.45) is 7.90. The summed E-state index contributed by atoms with van der Waals surface area (Å²) in [6, 6.07) is 0.919. The average molecular weight is 308 g/mol. The van der Waals surface area contributed by atoms with Gasteiger partial charge in [0.15, 0.2) is 0 Å². The molecular weight excluding hydrogens is 280 g/mol. The number of urea groups is 1. The molecule has 2 heterocycles. The van der Waals surface area contributed by atoms with E-state index < -0.39 is 0 Å². The van der Waals surface area contributed by atoms with Gasteiger partial charge in [-0.25, -0.2) is 9.78 Å². The van der Waals surface area contributed by atoms with E-state index in [1.165, 1.54) is 25.6 Å². The maximum atomic E-state index is 11.8. The highest BCUT2D eigenvalue weighted by Gasteiger charge is 2.23. The van der Waals surface area contributed by atoms with Gasteiger partial charge in [-0.3, -0.25) is 9.58 Å². The van der Waals surface area contributed by atoms with Crippen LogP contribution in [0, 0.1) is 0 Å². The predicted octanol–water partition coefficient (Wildman–Crippen LogP) is 1.23. The van der Waals surface area contributed by atoms with E-state index in [1.807, 2.05) is 0 Å². The molecule has 22 heavy (non-hydrogen) atoms. The predicted molar refractivity (Wildman–Crippen MR) is 85.5 cm³/mol. The van der Waals surface area contributed by atoms with Gasteiger partial charge in [-0.15, -0.1) is 0 Å². The molecule has 1 aliphatic heterocycles. The van der Waals surface area contributed by atoms with E-state index >= 15 is 0 Å². The van der Waals surface area contributed by atoms with Crippen molar-refractivity contribution in [2.75, 3.05) is 19.6 Å². The maximum absolute atomic E-state index is 11.8. The first-order valence-electron chi connectivity index (χ1n) is 8.26. The molecule has 1 aliphatic rings. The summed E-state index contributed by atoms with van der Waals surface area (Å²) in [7, 11) is 0. The number of amides is 2. The number of hydrogen-bond donors (Lipinski definition) is 2. The van der Waals surface area contributed by atoms with Gasteiger partial charge in [0.1, 0.15) is 12.7 Å². The van der Waals surface area contributed by atoms with Gasteiger partial charge in [0.25, 0.3) is 0 Å². The zero-order valence-electron chi connectivity index (χ0n) is 13.7. The molecule has 1 saturated heterocycles. The van der Waals surface area contributed by atoms with Gasteiger partial charge in [0.2, 0.25) is 0 Å². The molecule has 7 heteroatoms. The third-order valence-electron chi connectivity index (χ3n) is 4.29. The zero-order chi connectivity index (χ0) is 15.8. The van der Waals surface area contributed by atoms with E-state index in [0.717, 1.165) is 19.5 Å². The number of likely N-dealkylation sites (tertiary alicyclic amines) is 1. The third-order valence-corrected chi connectivity index (χ3v) is 4.29. The normalized spacial score (nSPS) is 20.5. The van der Waals surface area contributed by atoms with Gasteiger partial charge in [-0.2, -0.15) is 5.10 Å². The summed E-state index contributed by atoms with van der Waals surface area (Å²) in [4.78, 5) is 18.2. The van der Waals surface area contributed by atoms with Crippen LogP contribution in [0.3, 0.4) is 0 Å². The van der Waals surface area contributed by atoms with Crippen LogP contribution in [0.2, 0.25) is 0 Å². The topological polar surface area (TPSA) is 75.1 Å². The summed E-state index contributed by atoms with van der Waals surface area (Å²) in [5.74, 6) is 0. The first kappa shape index (κ1) is 16.7. The van der Waals surface area contributed by atoms with Crippen LogP contribution in [-0.4, -0.2) is 57.4 Å². The fourth-order valence-corrected chi connectivity index (χ4v) is 2.99. The van der Waals surface area contributed by atoms with Crippen molar-refractivity contribution in [2.24, 2.45) is 0 Å². The smallest absolute Gasteiger partial charge is 0.314 e. The van der Waals surface area contributed by atoms with Crippen LogP contribution < -0.4 is 10.6 Å². The molecule has 0 spiro atoms. The number of carbonyl (C=O) groups excluding carboxylic acids is 1. The summed E-state index contributed by atoms with van der Waals surface area (Å²) in [6.45, 7) is 7.71. The summed E-state index contributed by atoms with van der Waals surface area (Å²) in [5.41, 5.74) is 0. The molecule has 1 fully saturated rings. The Kier molecular flexibility index (Phi) is 6.64. The lowest BCUT2D eigenvalue weighted by atomic mass is 10.0. The number of nitrogens with zero attached hydrogens (tertiary/aromatic N) is 4. The van der Waals surface area contributed by atoms with Crippen molar-refractivity contribution in [2.45, 2.75) is 58.2 Å². The molecule has 1 aromatic heterocycles. The molecule has 0 radical (unpaired) electrons. The first-order valence-corrected chi connectivity index (χ1v) is 8.26. The monoisotopic (exact) mass is 308 g/mol. The Labute approximate surface area is 132 Å². The second-order valence-corrected chi connectivity index (χ2v) is 6.08. The standard InChI is InChI=1S/C15H28N6O/c1-13-6-3-4-9-21(13)14(2)10-18-15(22)17-7-5-8-20-12-16-11-19-20/h11-14H,3-10H2,1-2H3,(H2,17,18,22)/t13-,14+/m1/s1. The molecule has 2 amide bonds. The van der Waals surface area contributed by atoms with Crippen LogP contribution in [0.4, 0.5) is 4.79 Å².